The fourth-order valence-corrected chi connectivity index (χ4v) is 8.94. The summed E-state index contributed by atoms with van der Waals surface area (Å²) < 4.78 is 15.8. The molecule has 272 valence electrons. The summed E-state index contributed by atoms with van der Waals surface area (Å²) in [4.78, 5) is 2.35. The molecule has 0 unspecified atom stereocenters. The number of benzene rings is 9. The summed E-state index contributed by atoms with van der Waals surface area (Å²) in [6.07, 6.45) is 0. The Morgan fingerprint density at radius 2 is 0.948 bits per heavy atom. The Balaban J connectivity index is 1.11. The van der Waals surface area contributed by atoms with Gasteiger partial charge in [0.2, 0.25) is 0 Å². The van der Waals surface area contributed by atoms with Crippen LogP contribution in [-0.4, -0.2) is 4.57 Å². The first-order chi connectivity index (χ1) is 28.8. The predicted octanol–water partition coefficient (Wildman–Crippen LogP) is 15.4. The van der Waals surface area contributed by atoms with E-state index in [1.54, 1.807) is 0 Å². The van der Waals surface area contributed by atoms with Gasteiger partial charge in [0, 0.05) is 55.6 Å². The van der Waals surface area contributed by atoms with Gasteiger partial charge < -0.3 is 18.3 Å². The summed E-state index contributed by atoms with van der Waals surface area (Å²) in [5, 5.41) is 6.78. The minimum Gasteiger partial charge on any atom is -0.456 e. The molecule has 58 heavy (non-hydrogen) atoms. The van der Waals surface area contributed by atoms with Crippen LogP contribution >= 0.6 is 0 Å². The molecule has 3 aromatic heterocycles. The van der Waals surface area contributed by atoms with E-state index < -0.39 is 0 Å². The smallest absolute Gasteiger partial charge is 0.145 e. The van der Waals surface area contributed by atoms with E-state index in [9.17, 15) is 0 Å². The highest BCUT2D eigenvalue weighted by atomic mass is 16.3. The average Bonchev–Trinajstić information content (AvgIpc) is 3.97. The summed E-state index contributed by atoms with van der Waals surface area (Å²) in [5.74, 6) is 0. The second-order valence-electron chi connectivity index (χ2n) is 14.9. The molecule has 0 fully saturated rings. The normalized spacial score (nSPS) is 11.8. The molecule has 0 spiro atoms. The van der Waals surface area contributed by atoms with Crippen molar-refractivity contribution >= 4 is 82.7 Å². The third-order valence-corrected chi connectivity index (χ3v) is 11.6. The van der Waals surface area contributed by atoms with Crippen molar-refractivity contribution in [3.8, 4) is 27.9 Å². The highest BCUT2D eigenvalue weighted by Crippen LogP contribution is 2.47. The summed E-state index contributed by atoms with van der Waals surface area (Å²) in [7, 11) is 0. The molecule has 0 bridgehead atoms. The van der Waals surface area contributed by atoms with Crippen LogP contribution in [0.5, 0.6) is 0 Å². The lowest BCUT2D eigenvalue weighted by Gasteiger charge is -2.27. The zero-order valence-electron chi connectivity index (χ0n) is 31.3. The van der Waals surface area contributed by atoms with Gasteiger partial charge in [-0.3, -0.25) is 0 Å². The Bertz CT molecular complexity index is 3450. The first-order valence-corrected chi connectivity index (χ1v) is 19.7. The number of hydrogen-bond acceptors (Lipinski definition) is 3. The van der Waals surface area contributed by atoms with Gasteiger partial charge in [-0.1, -0.05) is 121 Å². The summed E-state index contributed by atoms with van der Waals surface area (Å²) >= 11 is 0. The van der Waals surface area contributed by atoms with Crippen molar-refractivity contribution in [2.24, 2.45) is 0 Å². The molecule has 9 aromatic carbocycles. The van der Waals surface area contributed by atoms with Gasteiger partial charge in [-0.2, -0.15) is 0 Å². The predicted molar refractivity (Wildman–Crippen MR) is 241 cm³/mol. The van der Waals surface area contributed by atoms with Crippen LogP contribution in [0.2, 0.25) is 0 Å². The molecule has 0 aliphatic carbocycles. The fourth-order valence-electron chi connectivity index (χ4n) is 8.94. The Labute approximate surface area is 334 Å². The Morgan fingerprint density at radius 1 is 0.362 bits per heavy atom. The molecule has 0 aliphatic rings. The van der Waals surface area contributed by atoms with E-state index in [0.29, 0.717) is 0 Å². The highest BCUT2D eigenvalue weighted by Gasteiger charge is 2.24. The first kappa shape index (κ1) is 32.4. The SMILES string of the molecule is c1ccc(-c2ccc3c(c2)oc2c(-c4ccccc4)ccc(N(c4ccc(-n5c6ccccc6c6ccccc65)cc4)c4ccc5c(c4)oc4ccccc45)c23)cc1. The van der Waals surface area contributed by atoms with Gasteiger partial charge in [-0.05, 0) is 95.6 Å². The Hall–Kier alpha value is -7.82. The van der Waals surface area contributed by atoms with Gasteiger partial charge in [0.1, 0.15) is 22.3 Å². The van der Waals surface area contributed by atoms with Crippen molar-refractivity contribution < 1.29 is 8.83 Å². The lowest BCUT2D eigenvalue weighted by molar-refractivity contribution is 0.669. The quantitative estimate of drug-likeness (QED) is 0.170. The number of furan rings is 2. The van der Waals surface area contributed by atoms with Crippen molar-refractivity contribution in [3.05, 3.63) is 206 Å². The van der Waals surface area contributed by atoms with E-state index in [2.05, 4.69) is 198 Å². The lowest BCUT2D eigenvalue weighted by Crippen LogP contribution is -2.10. The number of rotatable bonds is 6. The van der Waals surface area contributed by atoms with E-state index in [1.807, 2.05) is 18.2 Å². The van der Waals surface area contributed by atoms with Gasteiger partial charge in [0.05, 0.1) is 22.1 Å². The van der Waals surface area contributed by atoms with E-state index in [0.717, 1.165) is 88.9 Å². The van der Waals surface area contributed by atoms with Crippen LogP contribution in [0.1, 0.15) is 0 Å². The number of aromatic nitrogens is 1. The van der Waals surface area contributed by atoms with Crippen molar-refractivity contribution in [1.82, 2.24) is 4.57 Å². The third kappa shape index (κ3) is 5.02. The van der Waals surface area contributed by atoms with E-state index in [4.69, 9.17) is 8.83 Å². The van der Waals surface area contributed by atoms with Crippen LogP contribution in [0.15, 0.2) is 215 Å². The number of anilines is 3. The van der Waals surface area contributed by atoms with Gasteiger partial charge >= 0.3 is 0 Å². The summed E-state index contributed by atoms with van der Waals surface area (Å²) in [5.41, 5.74) is 14.3. The fraction of sp³-hybridized carbons (Fsp3) is 0. The van der Waals surface area contributed by atoms with E-state index >= 15 is 0 Å². The van der Waals surface area contributed by atoms with Crippen molar-refractivity contribution in [2.45, 2.75) is 0 Å². The first-order valence-electron chi connectivity index (χ1n) is 19.7. The molecule has 4 heteroatoms. The molecule has 0 N–H and O–H groups in total. The van der Waals surface area contributed by atoms with Crippen LogP contribution in [-0.2, 0) is 0 Å². The Morgan fingerprint density at radius 3 is 1.69 bits per heavy atom. The number of para-hydroxylation sites is 3. The summed E-state index contributed by atoms with van der Waals surface area (Å²) in [6.45, 7) is 0. The van der Waals surface area contributed by atoms with Crippen LogP contribution in [0.3, 0.4) is 0 Å². The Kier molecular flexibility index (Phi) is 7.20. The lowest BCUT2D eigenvalue weighted by atomic mass is 9.98. The monoisotopic (exact) mass is 742 g/mol. The second-order valence-corrected chi connectivity index (χ2v) is 14.9. The molecular weight excluding hydrogens is 709 g/mol. The van der Waals surface area contributed by atoms with Crippen LogP contribution in [0, 0.1) is 0 Å². The van der Waals surface area contributed by atoms with Crippen molar-refractivity contribution in [3.63, 3.8) is 0 Å². The molecular formula is C54H34N2O2. The number of hydrogen-bond donors (Lipinski definition) is 0. The van der Waals surface area contributed by atoms with E-state index in [1.165, 1.54) is 21.8 Å². The zero-order chi connectivity index (χ0) is 38.2. The molecule has 0 radical (unpaired) electrons. The molecule has 0 saturated heterocycles. The molecule has 3 heterocycles. The molecule has 0 aliphatic heterocycles. The van der Waals surface area contributed by atoms with Crippen LogP contribution < -0.4 is 4.90 Å². The molecule has 0 amide bonds. The van der Waals surface area contributed by atoms with Gasteiger partial charge in [0.25, 0.3) is 0 Å². The highest BCUT2D eigenvalue weighted by molar-refractivity contribution is 6.18. The third-order valence-electron chi connectivity index (χ3n) is 11.6. The molecule has 0 saturated carbocycles. The van der Waals surface area contributed by atoms with Crippen molar-refractivity contribution in [2.75, 3.05) is 4.90 Å². The van der Waals surface area contributed by atoms with Crippen molar-refractivity contribution in [1.29, 1.82) is 0 Å². The van der Waals surface area contributed by atoms with Crippen LogP contribution in [0.4, 0.5) is 17.1 Å². The molecule has 12 aromatic rings. The van der Waals surface area contributed by atoms with Crippen LogP contribution in [0.25, 0.3) is 93.6 Å². The number of nitrogens with zero attached hydrogens (tertiary/aromatic N) is 2. The molecule has 0 atom stereocenters. The van der Waals surface area contributed by atoms with E-state index in [-0.39, 0.29) is 0 Å². The van der Waals surface area contributed by atoms with Gasteiger partial charge in [-0.15, -0.1) is 0 Å². The zero-order valence-corrected chi connectivity index (χ0v) is 31.3. The summed E-state index contributed by atoms with van der Waals surface area (Å²) in [6, 6.07) is 73.1. The topological polar surface area (TPSA) is 34.5 Å². The maximum absolute atomic E-state index is 6.97. The maximum Gasteiger partial charge on any atom is 0.145 e. The minimum atomic E-state index is 0.840. The van der Waals surface area contributed by atoms with Gasteiger partial charge in [0.15, 0.2) is 0 Å². The molecule has 4 nitrogen and oxygen atoms in total. The largest absolute Gasteiger partial charge is 0.456 e. The average molecular weight is 743 g/mol. The molecule has 12 rings (SSSR count). The van der Waals surface area contributed by atoms with Gasteiger partial charge in [-0.25, -0.2) is 0 Å². The maximum atomic E-state index is 6.97. The number of fused-ring (bicyclic) bond motifs is 9. The minimum absolute atomic E-state index is 0.840. The second kappa shape index (κ2) is 12.9. The standard InChI is InChI=1S/C54H34N2O2/c1-3-13-35(14-4-1)37-23-29-46-51(33-37)58-54-41(36-15-5-2-6-16-36)31-32-49(53(46)54)55(40-28-30-45-44-19-9-12-22-50(44)57-52(45)34-40)38-24-26-39(27-25-38)56-47-20-10-7-17-42(47)43-18-8-11-21-48(43)56/h1-34H.